The van der Waals surface area contributed by atoms with Crippen molar-refractivity contribution < 1.29 is 18.2 Å². The van der Waals surface area contributed by atoms with E-state index in [2.05, 4.69) is 10.3 Å². The number of aromatic amines is 1. The number of rotatable bonds is 4. The molecule has 0 aliphatic rings. The standard InChI is InChI=1S/C14H11ClF3N5O2/c1-22-12(24)8(5-19)7-23(13(22)25)3-2-20-11-10(15)4-9(6-21-11)14(16,17)18/h4,6-7H,2-3H2,1H3,(H,20,21)/p+1. The average molecular weight is 375 g/mol. The topological polar surface area (TPSA) is 94.0 Å². The van der Waals surface area contributed by atoms with E-state index in [9.17, 15) is 22.8 Å². The van der Waals surface area contributed by atoms with E-state index in [-0.39, 0.29) is 29.5 Å². The molecule has 0 aromatic carbocycles. The van der Waals surface area contributed by atoms with Crippen molar-refractivity contribution in [3.8, 4) is 6.07 Å². The highest BCUT2D eigenvalue weighted by atomic mass is 35.5. The van der Waals surface area contributed by atoms with Crippen molar-refractivity contribution in [1.29, 1.82) is 5.26 Å². The van der Waals surface area contributed by atoms with Crippen LogP contribution >= 0.6 is 11.6 Å². The molecule has 0 aliphatic carbocycles. The highest BCUT2D eigenvalue weighted by Gasteiger charge is 2.32. The molecule has 2 aromatic rings. The summed E-state index contributed by atoms with van der Waals surface area (Å²) in [6, 6.07) is 2.46. The van der Waals surface area contributed by atoms with Crippen molar-refractivity contribution in [2.75, 3.05) is 11.9 Å². The zero-order chi connectivity index (χ0) is 18.8. The lowest BCUT2D eigenvalue weighted by molar-refractivity contribution is -0.364. The Morgan fingerprint density at radius 2 is 2.08 bits per heavy atom. The first-order chi connectivity index (χ1) is 11.6. The van der Waals surface area contributed by atoms with Gasteiger partial charge in [-0.2, -0.15) is 18.4 Å². The number of hydrogen-bond donors (Lipinski definition) is 1. The summed E-state index contributed by atoms with van der Waals surface area (Å²) in [7, 11) is 1.25. The van der Waals surface area contributed by atoms with E-state index in [1.807, 2.05) is 0 Å². The van der Waals surface area contributed by atoms with E-state index >= 15 is 0 Å². The quantitative estimate of drug-likeness (QED) is 0.864. The Hall–Kier alpha value is -2.80. The predicted octanol–water partition coefficient (Wildman–Crippen LogP) is 1.02. The van der Waals surface area contributed by atoms with Gasteiger partial charge in [-0.1, -0.05) is 11.6 Å². The maximum Gasteiger partial charge on any atom is 0.419 e. The Bertz CT molecular complexity index is 959. The first kappa shape index (κ1) is 18.5. The molecule has 2 heterocycles. The van der Waals surface area contributed by atoms with Gasteiger partial charge in [-0.25, -0.2) is 9.78 Å². The van der Waals surface area contributed by atoms with Gasteiger partial charge in [0.05, 0.1) is 12.1 Å². The van der Waals surface area contributed by atoms with E-state index in [1.165, 1.54) is 7.05 Å². The molecule has 0 aliphatic heterocycles. The normalized spacial score (nSPS) is 11.2. The van der Waals surface area contributed by atoms with Crippen LogP contribution < -0.4 is 21.5 Å². The van der Waals surface area contributed by atoms with Crippen molar-refractivity contribution in [2.45, 2.75) is 12.7 Å². The SMILES string of the molecule is Cn1c(=O)c(C#N)cn(CCNc2[nH+]cc(C(F)(F)F)cc2Cl)c1=O. The summed E-state index contributed by atoms with van der Waals surface area (Å²) >= 11 is 5.79. The molecule has 2 aromatic heterocycles. The predicted molar refractivity (Wildman–Crippen MR) is 82.2 cm³/mol. The molecule has 0 fully saturated rings. The van der Waals surface area contributed by atoms with Crippen LogP contribution in [0.15, 0.2) is 28.0 Å². The van der Waals surface area contributed by atoms with Gasteiger partial charge in [-0.15, -0.1) is 0 Å². The zero-order valence-corrected chi connectivity index (χ0v) is 13.6. The number of nitrogens with one attached hydrogen (secondary N) is 2. The molecular weight excluding hydrogens is 363 g/mol. The summed E-state index contributed by atoms with van der Waals surface area (Å²) in [5.41, 5.74) is -2.43. The third kappa shape index (κ3) is 4.00. The fourth-order valence-corrected chi connectivity index (χ4v) is 2.27. The van der Waals surface area contributed by atoms with Crippen molar-refractivity contribution in [3.05, 3.63) is 55.4 Å². The molecule has 11 heteroatoms. The molecule has 2 N–H and O–H groups in total. The number of nitrogens with zero attached hydrogens (tertiary/aromatic N) is 3. The number of aromatic nitrogens is 3. The minimum Gasteiger partial charge on any atom is -0.295 e. The highest BCUT2D eigenvalue weighted by Crippen LogP contribution is 2.30. The smallest absolute Gasteiger partial charge is 0.295 e. The van der Waals surface area contributed by atoms with E-state index in [0.717, 1.165) is 27.6 Å². The molecular formula is C14H12ClF3N5O2+. The van der Waals surface area contributed by atoms with E-state index < -0.39 is 23.0 Å². The van der Waals surface area contributed by atoms with Crippen LogP contribution in [-0.4, -0.2) is 15.7 Å². The van der Waals surface area contributed by atoms with Gasteiger partial charge in [0.2, 0.25) is 0 Å². The van der Waals surface area contributed by atoms with Gasteiger partial charge in [0.1, 0.15) is 29.4 Å². The number of nitriles is 1. The van der Waals surface area contributed by atoms with Gasteiger partial charge in [-0.3, -0.25) is 19.2 Å². The molecule has 2 rings (SSSR count). The Labute approximate surface area is 143 Å². The molecule has 25 heavy (non-hydrogen) atoms. The minimum atomic E-state index is -4.52. The summed E-state index contributed by atoms with van der Waals surface area (Å²) in [4.78, 5) is 26.0. The van der Waals surface area contributed by atoms with Crippen molar-refractivity contribution >= 4 is 17.4 Å². The van der Waals surface area contributed by atoms with Gasteiger partial charge in [-0.05, 0) is 6.07 Å². The van der Waals surface area contributed by atoms with Crippen LogP contribution in [0, 0.1) is 11.3 Å². The molecule has 0 saturated heterocycles. The Balaban J connectivity index is 2.15. The lowest BCUT2D eigenvalue weighted by Crippen LogP contribution is -2.39. The fraction of sp³-hybridized carbons (Fsp3) is 0.286. The summed E-state index contributed by atoms with van der Waals surface area (Å²) in [5, 5.41) is 11.5. The number of H-pyrrole nitrogens is 1. The molecule has 0 atom stereocenters. The van der Waals surface area contributed by atoms with E-state index in [4.69, 9.17) is 16.9 Å². The highest BCUT2D eigenvalue weighted by molar-refractivity contribution is 6.32. The molecule has 0 amide bonds. The van der Waals surface area contributed by atoms with Gasteiger partial charge < -0.3 is 0 Å². The first-order valence-electron chi connectivity index (χ1n) is 6.88. The second-order valence-electron chi connectivity index (χ2n) is 5.03. The fourth-order valence-electron chi connectivity index (χ4n) is 2.03. The van der Waals surface area contributed by atoms with Crippen LogP contribution in [0.4, 0.5) is 19.0 Å². The van der Waals surface area contributed by atoms with Crippen LogP contribution in [0.25, 0.3) is 0 Å². The van der Waals surface area contributed by atoms with Gasteiger partial charge in [0, 0.05) is 13.2 Å². The Morgan fingerprint density at radius 1 is 1.40 bits per heavy atom. The van der Waals surface area contributed by atoms with Gasteiger partial charge >= 0.3 is 11.9 Å². The Morgan fingerprint density at radius 3 is 2.64 bits per heavy atom. The lowest BCUT2D eigenvalue weighted by Gasteiger charge is -2.08. The average Bonchev–Trinajstić information content (AvgIpc) is 2.55. The monoisotopic (exact) mass is 374 g/mol. The lowest BCUT2D eigenvalue weighted by atomic mass is 10.3. The second kappa shape index (κ2) is 6.98. The second-order valence-corrected chi connectivity index (χ2v) is 5.44. The number of hydrogen-bond acceptors (Lipinski definition) is 4. The van der Waals surface area contributed by atoms with Crippen LogP contribution in [0.1, 0.15) is 11.1 Å². The Kier molecular flexibility index (Phi) is 5.18. The molecule has 0 spiro atoms. The van der Waals surface area contributed by atoms with Crippen LogP contribution in [-0.2, 0) is 19.8 Å². The summed E-state index contributed by atoms with van der Waals surface area (Å²) in [5.74, 6) is 0.146. The maximum atomic E-state index is 12.6. The van der Waals surface area contributed by atoms with Crippen LogP contribution in [0.5, 0.6) is 0 Å². The molecule has 132 valence electrons. The van der Waals surface area contributed by atoms with E-state index in [1.54, 1.807) is 6.07 Å². The largest absolute Gasteiger partial charge is 0.419 e. The minimum absolute atomic E-state index is 0.0623. The first-order valence-corrected chi connectivity index (χ1v) is 7.26. The molecule has 7 nitrogen and oxygen atoms in total. The van der Waals surface area contributed by atoms with Crippen LogP contribution in [0.3, 0.4) is 0 Å². The third-order valence-corrected chi connectivity index (χ3v) is 3.65. The van der Waals surface area contributed by atoms with Gasteiger partial charge in [0.25, 0.3) is 11.4 Å². The summed E-state index contributed by atoms with van der Waals surface area (Å²) < 4.78 is 39.6. The number of anilines is 1. The van der Waals surface area contributed by atoms with E-state index in [0.29, 0.717) is 0 Å². The zero-order valence-electron chi connectivity index (χ0n) is 12.8. The third-order valence-electron chi connectivity index (χ3n) is 3.35. The van der Waals surface area contributed by atoms with Crippen molar-refractivity contribution in [2.24, 2.45) is 7.05 Å². The number of pyridine rings is 1. The van der Waals surface area contributed by atoms with Crippen molar-refractivity contribution in [1.82, 2.24) is 9.13 Å². The van der Waals surface area contributed by atoms with Crippen molar-refractivity contribution in [3.63, 3.8) is 0 Å². The van der Waals surface area contributed by atoms with Gasteiger partial charge in [0.15, 0.2) is 0 Å². The molecule has 0 saturated carbocycles. The molecule has 0 bridgehead atoms. The molecule has 0 unspecified atom stereocenters. The summed E-state index contributed by atoms with van der Waals surface area (Å²) in [6.45, 7) is 0.178. The summed E-state index contributed by atoms with van der Waals surface area (Å²) in [6.07, 6.45) is -2.63. The number of alkyl halides is 3. The molecule has 0 radical (unpaired) electrons. The maximum absolute atomic E-state index is 12.6. The van der Waals surface area contributed by atoms with Crippen LogP contribution in [0.2, 0.25) is 5.02 Å². The number of halogens is 4.